The summed E-state index contributed by atoms with van der Waals surface area (Å²) in [4.78, 5) is 14.6. The molecule has 3 aromatic carbocycles. The average molecular weight is 429 g/mol. The van der Waals surface area contributed by atoms with Crippen molar-refractivity contribution in [1.82, 2.24) is 4.90 Å². The van der Waals surface area contributed by atoms with Gasteiger partial charge >= 0.3 is 6.03 Å². The fourth-order valence-electron chi connectivity index (χ4n) is 2.94. The molecule has 0 aliphatic heterocycles. The maximum absolute atomic E-state index is 13.3. The number of hydrogen-bond donors (Lipinski definition) is 1. The Morgan fingerprint density at radius 2 is 1.50 bits per heavy atom. The molecule has 0 radical (unpaired) electrons. The van der Waals surface area contributed by atoms with Crippen molar-refractivity contribution in [3.8, 4) is 11.5 Å². The van der Waals surface area contributed by atoms with Crippen LogP contribution in [0.15, 0.2) is 66.7 Å². The quantitative estimate of drug-likeness (QED) is 0.522. The maximum atomic E-state index is 13.3. The summed E-state index contributed by atoms with van der Waals surface area (Å²) in [7, 11) is 3.13. The molecule has 0 heterocycles. The zero-order valence-electron chi connectivity index (χ0n) is 16.7. The Balaban J connectivity index is 1.83. The van der Waals surface area contributed by atoms with Gasteiger partial charge in [0.25, 0.3) is 0 Å². The predicted octanol–water partition coefficient (Wildman–Crippen LogP) is 5.73. The number of amides is 2. The van der Waals surface area contributed by atoms with Crippen LogP contribution in [-0.2, 0) is 13.1 Å². The van der Waals surface area contributed by atoms with E-state index in [4.69, 9.17) is 21.1 Å². The smallest absolute Gasteiger partial charge is 0.322 e. The van der Waals surface area contributed by atoms with E-state index in [1.165, 1.54) is 12.1 Å². The molecule has 2 amide bonds. The van der Waals surface area contributed by atoms with Crippen LogP contribution >= 0.6 is 11.6 Å². The summed E-state index contributed by atoms with van der Waals surface area (Å²) in [5.74, 6) is 0.864. The summed E-state index contributed by atoms with van der Waals surface area (Å²) >= 11 is 5.92. The minimum atomic E-state index is -0.323. The molecule has 0 spiro atoms. The number of halogens is 2. The van der Waals surface area contributed by atoms with Gasteiger partial charge in [-0.05, 0) is 59.7 Å². The first-order valence-electron chi connectivity index (χ1n) is 9.25. The van der Waals surface area contributed by atoms with Crippen LogP contribution in [0.2, 0.25) is 5.02 Å². The van der Waals surface area contributed by atoms with Crippen molar-refractivity contribution in [1.29, 1.82) is 0 Å². The predicted molar refractivity (Wildman–Crippen MR) is 116 cm³/mol. The topological polar surface area (TPSA) is 50.8 Å². The minimum absolute atomic E-state index is 0.295. The Hall–Kier alpha value is -3.25. The summed E-state index contributed by atoms with van der Waals surface area (Å²) in [6, 6.07) is 18.1. The molecule has 0 aliphatic carbocycles. The van der Waals surface area contributed by atoms with Crippen molar-refractivity contribution in [2.75, 3.05) is 19.5 Å². The fraction of sp³-hybridized carbons (Fsp3) is 0.174. The van der Waals surface area contributed by atoms with Gasteiger partial charge in [0.1, 0.15) is 5.82 Å². The van der Waals surface area contributed by atoms with Crippen molar-refractivity contribution in [2.24, 2.45) is 0 Å². The SMILES string of the molecule is COc1ccc(CN(Cc2ccc(F)cc2)C(=O)Nc2ccc(Cl)cc2)cc1OC. The molecule has 0 fully saturated rings. The van der Waals surface area contributed by atoms with Gasteiger partial charge in [0.2, 0.25) is 0 Å². The molecule has 3 rings (SSSR count). The van der Waals surface area contributed by atoms with E-state index in [1.807, 2.05) is 12.1 Å². The second kappa shape index (κ2) is 9.98. The summed E-state index contributed by atoms with van der Waals surface area (Å²) < 4.78 is 23.9. The highest BCUT2D eigenvalue weighted by Gasteiger charge is 2.16. The fourth-order valence-corrected chi connectivity index (χ4v) is 3.07. The normalized spacial score (nSPS) is 10.4. The van der Waals surface area contributed by atoms with E-state index >= 15 is 0 Å². The van der Waals surface area contributed by atoms with Crippen LogP contribution in [-0.4, -0.2) is 25.2 Å². The van der Waals surface area contributed by atoms with Crippen LogP contribution in [0.5, 0.6) is 11.5 Å². The van der Waals surface area contributed by atoms with Crippen molar-refractivity contribution in [2.45, 2.75) is 13.1 Å². The lowest BCUT2D eigenvalue weighted by molar-refractivity contribution is 0.206. The van der Waals surface area contributed by atoms with Gasteiger partial charge in [0.05, 0.1) is 14.2 Å². The Morgan fingerprint density at radius 3 is 2.13 bits per heavy atom. The van der Waals surface area contributed by atoms with Crippen molar-refractivity contribution in [3.63, 3.8) is 0 Å². The van der Waals surface area contributed by atoms with Gasteiger partial charge in [-0.2, -0.15) is 0 Å². The van der Waals surface area contributed by atoms with Crippen molar-refractivity contribution in [3.05, 3.63) is 88.7 Å². The number of methoxy groups -OCH3 is 2. The molecule has 5 nitrogen and oxygen atoms in total. The van der Waals surface area contributed by atoms with E-state index in [0.717, 1.165) is 11.1 Å². The molecular formula is C23H22ClFN2O3. The zero-order chi connectivity index (χ0) is 21.5. The third-order valence-corrected chi connectivity index (χ3v) is 4.74. The van der Waals surface area contributed by atoms with E-state index in [0.29, 0.717) is 35.3 Å². The standard InChI is InChI=1S/C23H22ClFN2O3/c1-29-21-12-5-17(13-22(21)30-2)15-27(14-16-3-8-19(25)9-4-16)23(28)26-20-10-6-18(24)7-11-20/h3-13H,14-15H2,1-2H3,(H,26,28). The highest BCUT2D eigenvalue weighted by Crippen LogP contribution is 2.28. The Labute approximate surface area is 180 Å². The maximum Gasteiger partial charge on any atom is 0.322 e. The minimum Gasteiger partial charge on any atom is -0.493 e. The lowest BCUT2D eigenvalue weighted by Gasteiger charge is -2.24. The van der Waals surface area contributed by atoms with Crippen LogP contribution in [0.25, 0.3) is 0 Å². The Morgan fingerprint density at radius 1 is 0.900 bits per heavy atom. The van der Waals surface area contributed by atoms with Crippen LogP contribution in [0.4, 0.5) is 14.9 Å². The molecular weight excluding hydrogens is 407 g/mol. The van der Waals surface area contributed by atoms with Gasteiger partial charge in [0.15, 0.2) is 11.5 Å². The molecule has 0 aliphatic rings. The first-order chi connectivity index (χ1) is 14.5. The summed E-state index contributed by atoms with van der Waals surface area (Å²) in [5.41, 5.74) is 2.30. The second-order valence-corrected chi connectivity index (χ2v) is 7.05. The number of urea groups is 1. The molecule has 30 heavy (non-hydrogen) atoms. The van der Waals surface area contributed by atoms with Crippen LogP contribution in [0.3, 0.4) is 0 Å². The van der Waals surface area contributed by atoms with E-state index in [2.05, 4.69) is 5.32 Å². The van der Waals surface area contributed by atoms with Crippen molar-refractivity contribution >= 4 is 23.3 Å². The number of ether oxygens (including phenoxy) is 2. The molecule has 0 unspecified atom stereocenters. The van der Waals surface area contributed by atoms with Gasteiger partial charge in [-0.25, -0.2) is 9.18 Å². The third kappa shape index (κ3) is 5.64. The number of anilines is 1. The zero-order valence-corrected chi connectivity index (χ0v) is 17.4. The van der Waals surface area contributed by atoms with E-state index in [9.17, 15) is 9.18 Å². The van der Waals surface area contributed by atoms with Gasteiger partial charge in [-0.15, -0.1) is 0 Å². The average Bonchev–Trinajstić information content (AvgIpc) is 2.76. The third-order valence-electron chi connectivity index (χ3n) is 4.49. The van der Waals surface area contributed by atoms with Gasteiger partial charge < -0.3 is 19.7 Å². The molecule has 0 aromatic heterocycles. The monoisotopic (exact) mass is 428 g/mol. The molecule has 0 saturated carbocycles. The van der Waals surface area contributed by atoms with E-state index < -0.39 is 0 Å². The highest BCUT2D eigenvalue weighted by molar-refractivity contribution is 6.30. The summed E-state index contributed by atoms with van der Waals surface area (Å²) in [6.45, 7) is 0.616. The lowest BCUT2D eigenvalue weighted by Crippen LogP contribution is -2.34. The summed E-state index contributed by atoms with van der Waals surface area (Å²) in [5, 5.41) is 3.46. The number of nitrogens with one attached hydrogen (secondary N) is 1. The highest BCUT2D eigenvalue weighted by atomic mass is 35.5. The van der Waals surface area contributed by atoms with E-state index in [-0.39, 0.29) is 11.8 Å². The first-order valence-corrected chi connectivity index (χ1v) is 9.63. The molecule has 0 bridgehead atoms. The van der Waals surface area contributed by atoms with Crippen LogP contribution in [0, 0.1) is 5.82 Å². The lowest BCUT2D eigenvalue weighted by atomic mass is 10.1. The van der Waals surface area contributed by atoms with E-state index in [1.54, 1.807) is 61.6 Å². The van der Waals surface area contributed by atoms with Gasteiger partial charge in [-0.3, -0.25) is 0 Å². The van der Waals surface area contributed by atoms with Crippen molar-refractivity contribution < 1.29 is 18.7 Å². The van der Waals surface area contributed by atoms with Crippen LogP contribution in [0.1, 0.15) is 11.1 Å². The van der Waals surface area contributed by atoms with Crippen LogP contribution < -0.4 is 14.8 Å². The Bertz CT molecular complexity index is 994. The number of carbonyl (C=O) groups is 1. The number of carbonyl (C=O) groups excluding carboxylic acids is 1. The molecule has 0 atom stereocenters. The largest absolute Gasteiger partial charge is 0.493 e. The number of hydrogen-bond acceptors (Lipinski definition) is 3. The first kappa shape index (κ1) is 21.5. The summed E-state index contributed by atoms with van der Waals surface area (Å²) in [6.07, 6.45) is 0. The molecule has 7 heteroatoms. The molecule has 0 saturated heterocycles. The number of benzene rings is 3. The van der Waals surface area contributed by atoms with Gasteiger partial charge in [0, 0.05) is 23.8 Å². The number of rotatable bonds is 7. The molecule has 156 valence electrons. The second-order valence-electron chi connectivity index (χ2n) is 6.61. The molecule has 3 aromatic rings. The molecule has 1 N–H and O–H groups in total. The Kier molecular flexibility index (Phi) is 7.14. The van der Waals surface area contributed by atoms with Gasteiger partial charge in [-0.1, -0.05) is 29.8 Å². The number of nitrogens with zero attached hydrogens (tertiary/aromatic N) is 1.